The predicted molar refractivity (Wildman–Crippen MR) is 64.4 cm³/mol. The smallest absolute Gasteiger partial charge is 0.145 e. The molecule has 1 fully saturated rings. The number of rotatable bonds is 2. The van der Waals surface area contributed by atoms with Gasteiger partial charge < -0.3 is 10.6 Å². The molecule has 4 heteroatoms. The van der Waals surface area contributed by atoms with Gasteiger partial charge in [-0.2, -0.15) is 0 Å². The van der Waals surface area contributed by atoms with Gasteiger partial charge in [0.1, 0.15) is 5.82 Å². The molecule has 0 amide bonds. The Labute approximate surface area is 94.1 Å². The van der Waals surface area contributed by atoms with E-state index in [-0.39, 0.29) is 0 Å². The lowest BCUT2D eigenvalue weighted by molar-refractivity contribution is 0.788. The normalized spacial score (nSPS) is 20.1. The molecular weight excluding hydrogens is 200 g/mol. The highest BCUT2D eigenvalue weighted by Gasteiger charge is 2.14. The van der Waals surface area contributed by atoms with Gasteiger partial charge in [0.05, 0.1) is 17.2 Å². The third kappa shape index (κ3) is 1.84. The van der Waals surface area contributed by atoms with Crippen molar-refractivity contribution in [2.24, 2.45) is 0 Å². The van der Waals surface area contributed by atoms with Crippen LogP contribution in [0.5, 0.6) is 0 Å². The van der Waals surface area contributed by atoms with Gasteiger partial charge in [0.2, 0.25) is 0 Å². The summed E-state index contributed by atoms with van der Waals surface area (Å²) in [5.74, 6) is 0.868. The number of hydrogen-bond donors (Lipinski definition) is 2. The van der Waals surface area contributed by atoms with Crippen molar-refractivity contribution in [3.05, 3.63) is 30.5 Å². The summed E-state index contributed by atoms with van der Waals surface area (Å²) >= 11 is 0. The number of aromatic nitrogens is 2. The van der Waals surface area contributed by atoms with E-state index in [1.54, 1.807) is 6.20 Å². The van der Waals surface area contributed by atoms with Gasteiger partial charge in [0, 0.05) is 12.6 Å². The molecule has 0 aliphatic carbocycles. The van der Waals surface area contributed by atoms with E-state index in [1.165, 1.54) is 0 Å². The number of hydrogen-bond acceptors (Lipinski definition) is 4. The lowest BCUT2D eigenvalue weighted by Crippen LogP contribution is -2.22. The van der Waals surface area contributed by atoms with E-state index in [1.807, 2.05) is 24.3 Å². The molecule has 1 aliphatic heterocycles. The second-order valence-corrected chi connectivity index (χ2v) is 4.08. The molecule has 4 nitrogen and oxygen atoms in total. The fourth-order valence-corrected chi connectivity index (χ4v) is 2.01. The third-order valence-electron chi connectivity index (χ3n) is 2.86. The molecule has 3 rings (SSSR count). The zero-order valence-corrected chi connectivity index (χ0v) is 8.98. The van der Waals surface area contributed by atoms with Crippen LogP contribution in [-0.2, 0) is 0 Å². The van der Waals surface area contributed by atoms with Crippen molar-refractivity contribution in [3.63, 3.8) is 0 Å². The Morgan fingerprint density at radius 3 is 2.94 bits per heavy atom. The molecular formula is C12H14N4. The van der Waals surface area contributed by atoms with Crippen LogP contribution in [0.1, 0.15) is 6.42 Å². The number of para-hydroxylation sites is 2. The molecule has 2 aromatic rings. The average Bonchev–Trinajstić information content (AvgIpc) is 2.82. The number of nitrogens with one attached hydrogen (secondary N) is 2. The maximum absolute atomic E-state index is 4.54. The molecule has 0 unspecified atom stereocenters. The topological polar surface area (TPSA) is 49.8 Å². The molecule has 1 saturated heterocycles. The van der Waals surface area contributed by atoms with Crippen LogP contribution in [0.15, 0.2) is 30.5 Å². The number of benzene rings is 1. The van der Waals surface area contributed by atoms with Crippen molar-refractivity contribution >= 4 is 16.9 Å². The number of nitrogens with zero attached hydrogens (tertiary/aromatic N) is 2. The van der Waals surface area contributed by atoms with Crippen LogP contribution in [0.25, 0.3) is 11.0 Å². The summed E-state index contributed by atoms with van der Waals surface area (Å²) in [5, 5.41) is 6.72. The first kappa shape index (κ1) is 9.54. The van der Waals surface area contributed by atoms with Crippen LogP contribution in [0.2, 0.25) is 0 Å². The minimum atomic E-state index is 0.482. The molecule has 2 heterocycles. The molecule has 1 aromatic heterocycles. The summed E-state index contributed by atoms with van der Waals surface area (Å²) in [4.78, 5) is 8.92. The Kier molecular flexibility index (Phi) is 2.42. The average molecular weight is 214 g/mol. The van der Waals surface area contributed by atoms with Gasteiger partial charge >= 0.3 is 0 Å². The first-order valence-corrected chi connectivity index (χ1v) is 5.61. The summed E-state index contributed by atoms with van der Waals surface area (Å²) in [7, 11) is 0. The quantitative estimate of drug-likeness (QED) is 0.793. The van der Waals surface area contributed by atoms with Gasteiger partial charge in [0.25, 0.3) is 0 Å². The molecule has 82 valence electrons. The first-order chi connectivity index (χ1) is 7.92. The molecule has 0 spiro atoms. The molecule has 0 bridgehead atoms. The summed E-state index contributed by atoms with van der Waals surface area (Å²) < 4.78 is 0. The van der Waals surface area contributed by atoms with Crippen LogP contribution in [-0.4, -0.2) is 29.1 Å². The van der Waals surface area contributed by atoms with Crippen LogP contribution < -0.4 is 10.6 Å². The van der Waals surface area contributed by atoms with Crippen LogP contribution in [0.3, 0.4) is 0 Å². The summed E-state index contributed by atoms with van der Waals surface area (Å²) in [6.07, 6.45) is 2.95. The maximum atomic E-state index is 4.54. The Bertz CT molecular complexity index is 491. The number of anilines is 1. The van der Waals surface area contributed by atoms with E-state index in [2.05, 4.69) is 20.6 Å². The molecule has 0 saturated carbocycles. The van der Waals surface area contributed by atoms with Crippen molar-refractivity contribution in [1.29, 1.82) is 0 Å². The fraction of sp³-hybridized carbons (Fsp3) is 0.333. The Morgan fingerprint density at radius 2 is 2.12 bits per heavy atom. The summed E-state index contributed by atoms with van der Waals surface area (Å²) in [6.45, 7) is 2.09. The lowest BCUT2D eigenvalue weighted by Gasteiger charge is -2.11. The van der Waals surface area contributed by atoms with E-state index in [0.29, 0.717) is 6.04 Å². The van der Waals surface area contributed by atoms with Gasteiger partial charge in [-0.3, -0.25) is 4.98 Å². The Morgan fingerprint density at radius 1 is 1.25 bits per heavy atom. The van der Waals surface area contributed by atoms with Crippen LogP contribution >= 0.6 is 0 Å². The van der Waals surface area contributed by atoms with E-state index in [4.69, 9.17) is 0 Å². The van der Waals surface area contributed by atoms with Crippen molar-refractivity contribution < 1.29 is 0 Å². The second kappa shape index (κ2) is 4.06. The Balaban J connectivity index is 1.86. The maximum Gasteiger partial charge on any atom is 0.145 e. The standard InChI is InChI=1S/C12H14N4/c1-2-4-11-10(3-1)14-8-12(16-11)15-9-5-6-13-7-9/h1-4,8-9,13H,5-7H2,(H,15,16)/t9-/m1/s1. The van der Waals surface area contributed by atoms with Crippen molar-refractivity contribution in [1.82, 2.24) is 15.3 Å². The second-order valence-electron chi connectivity index (χ2n) is 4.08. The van der Waals surface area contributed by atoms with Gasteiger partial charge in [-0.1, -0.05) is 12.1 Å². The third-order valence-corrected chi connectivity index (χ3v) is 2.86. The van der Waals surface area contributed by atoms with Gasteiger partial charge in [-0.25, -0.2) is 4.98 Å². The highest BCUT2D eigenvalue weighted by Crippen LogP contribution is 2.13. The predicted octanol–water partition coefficient (Wildman–Crippen LogP) is 1.40. The Hall–Kier alpha value is -1.68. The highest BCUT2D eigenvalue weighted by atomic mass is 15.1. The molecule has 1 aliphatic rings. The van der Waals surface area contributed by atoms with E-state index in [9.17, 15) is 0 Å². The summed E-state index contributed by atoms with van der Waals surface area (Å²) in [5.41, 5.74) is 1.89. The van der Waals surface area contributed by atoms with Gasteiger partial charge in [-0.15, -0.1) is 0 Å². The highest BCUT2D eigenvalue weighted by molar-refractivity contribution is 5.75. The molecule has 1 atom stereocenters. The van der Waals surface area contributed by atoms with Crippen LogP contribution in [0, 0.1) is 0 Å². The monoisotopic (exact) mass is 214 g/mol. The molecule has 2 N–H and O–H groups in total. The first-order valence-electron chi connectivity index (χ1n) is 5.61. The van der Waals surface area contributed by atoms with Gasteiger partial charge in [0.15, 0.2) is 0 Å². The van der Waals surface area contributed by atoms with E-state index >= 15 is 0 Å². The minimum absolute atomic E-state index is 0.482. The largest absolute Gasteiger partial charge is 0.365 e. The lowest BCUT2D eigenvalue weighted by atomic mass is 10.2. The zero-order valence-electron chi connectivity index (χ0n) is 8.98. The number of fused-ring (bicyclic) bond motifs is 1. The van der Waals surface area contributed by atoms with Crippen molar-refractivity contribution in [2.75, 3.05) is 18.4 Å². The van der Waals surface area contributed by atoms with Crippen molar-refractivity contribution in [2.45, 2.75) is 12.5 Å². The molecule has 16 heavy (non-hydrogen) atoms. The fourth-order valence-electron chi connectivity index (χ4n) is 2.01. The van der Waals surface area contributed by atoms with Crippen LogP contribution in [0.4, 0.5) is 5.82 Å². The zero-order chi connectivity index (χ0) is 10.8. The molecule has 1 aromatic carbocycles. The van der Waals surface area contributed by atoms with Crippen molar-refractivity contribution in [3.8, 4) is 0 Å². The minimum Gasteiger partial charge on any atom is -0.365 e. The SMILES string of the molecule is c1ccc2nc(N[C@@H]3CCNC3)cnc2c1. The van der Waals surface area contributed by atoms with Gasteiger partial charge in [-0.05, 0) is 25.1 Å². The van der Waals surface area contributed by atoms with E-state index < -0.39 is 0 Å². The molecule has 0 radical (unpaired) electrons. The summed E-state index contributed by atoms with van der Waals surface area (Å²) in [6, 6.07) is 8.41. The van der Waals surface area contributed by atoms with E-state index in [0.717, 1.165) is 36.4 Å².